The number of thioether (sulfide) groups is 1. The van der Waals surface area contributed by atoms with E-state index in [0.717, 1.165) is 0 Å². The van der Waals surface area contributed by atoms with Gasteiger partial charge in [-0.3, -0.25) is 14.4 Å². The fourth-order valence-corrected chi connectivity index (χ4v) is 1.45. The Morgan fingerprint density at radius 3 is 2.50 bits per heavy atom. The molecule has 90 valence electrons. The summed E-state index contributed by atoms with van der Waals surface area (Å²) in [5, 5.41) is 11.0. The number of carbonyl (C=O) groups is 3. The zero-order valence-electron chi connectivity index (χ0n) is 9.12. The molecule has 0 aromatic rings. The summed E-state index contributed by atoms with van der Waals surface area (Å²) in [6.45, 7) is 5.27. The zero-order valence-corrected chi connectivity index (χ0v) is 9.93. The molecule has 0 bridgehead atoms. The Bertz CT molecular complexity index is 301. The van der Waals surface area contributed by atoms with Crippen LogP contribution < -0.4 is 5.32 Å². The van der Waals surface area contributed by atoms with Crippen molar-refractivity contribution in [2.45, 2.75) is 19.8 Å². The van der Waals surface area contributed by atoms with Crippen molar-refractivity contribution in [2.24, 2.45) is 0 Å². The summed E-state index contributed by atoms with van der Waals surface area (Å²) in [6, 6.07) is 0. The maximum Gasteiger partial charge on any atom is 0.308 e. The molecule has 0 aromatic heterocycles. The van der Waals surface area contributed by atoms with Crippen molar-refractivity contribution in [2.75, 3.05) is 12.3 Å². The average Bonchev–Trinajstić information content (AvgIpc) is 2.15. The lowest BCUT2D eigenvalue weighted by atomic mass is 10.2. The summed E-state index contributed by atoms with van der Waals surface area (Å²) in [5.74, 6) is -0.886. The summed E-state index contributed by atoms with van der Waals surface area (Å²) in [6.07, 6.45) is 0.310. The van der Waals surface area contributed by atoms with Crippen molar-refractivity contribution in [3.63, 3.8) is 0 Å². The Hall–Kier alpha value is -1.30. The van der Waals surface area contributed by atoms with E-state index in [0.29, 0.717) is 18.7 Å². The first kappa shape index (κ1) is 14.7. The van der Waals surface area contributed by atoms with Gasteiger partial charge in [-0.25, -0.2) is 0 Å². The van der Waals surface area contributed by atoms with Crippen molar-refractivity contribution in [3.05, 3.63) is 12.2 Å². The van der Waals surface area contributed by atoms with E-state index in [1.807, 2.05) is 0 Å². The number of amides is 1. The Morgan fingerprint density at radius 1 is 1.38 bits per heavy atom. The topological polar surface area (TPSA) is 83.5 Å². The van der Waals surface area contributed by atoms with Crippen LogP contribution in [0.4, 0.5) is 0 Å². The molecule has 0 saturated carbocycles. The number of aliphatic carboxylic acids is 1. The number of carboxylic acid groups (broad SMARTS) is 1. The quantitative estimate of drug-likeness (QED) is 0.512. The highest BCUT2D eigenvalue weighted by Crippen LogP contribution is 2.02. The van der Waals surface area contributed by atoms with E-state index >= 15 is 0 Å². The molecule has 1 amide bonds. The van der Waals surface area contributed by atoms with Crippen molar-refractivity contribution in [1.82, 2.24) is 5.32 Å². The number of nitrogens with one attached hydrogen (secondary N) is 1. The number of hydrogen-bond acceptors (Lipinski definition) is 4. The number of carboxylic acids is 1. The first-order valence-corrected chi connectivity index (χ1v) is 5.73. The summed E-state index contributed by atoms with van der Waals surface area (Å²) in [5.41, 5.74) is 0.0340. The second-order valence-corrected chi connectivity index (χ2v) is 4.40. The molecule has 0 aromatic carbocycles. The van der Waals surface area contributed by atoms with E-state index in [9.17, 15) is 14.4 Å². The molecule has 5 nitrogen and oxygen atoms in total. The third-order valence-corrected chi connectivity index (χ3v) is 2.50. The molecular formula is C10H15NO4S. The zero-order chi connectivity index (χ0) is 12.6. The monoisotopic (exact) mass is 245 g/mol. The van der Waals surface area contributed by atoms with Gasteiger partial charge in [0.05, 0.1) is 6.42 Å². The molecule has 0 aliphatic rings. The first-order chi connectivity index (χ1) is 7.43. The Balaban J connectivity index is 3.61. The number of carbonyl (C=O) groups excluding carboxylic acids is 2. The molecule has 6 heteroatoms. The molecule has 0 aliphatic carbocycles. The summed E-state index contributed by atoms with van der Waals surface area (Å²) < 4.78 is 0. The normalized spacial score (nSPS) is 9.56. The van der Waals surface area contributed by atoms with Gasteiger partial charge in [-0.2, -0.15) is 0 Å². The van der Waals surface area contributed by atoms with Crippen LogP contribution in [0.15, 0.2) is 12.2 Å². The average molecular weight is 245 g/mol. The lowest BCUT2D eigenvalue weighted by molar-refractivity contribution is -0.137. The van der Waals surface area contributed by atoms with Crippen molar-refractivity contribution < 1.29 is 19.5 Å². The summed E-state index contributed by atoms with van der Waals surface area (Å²) >= 11 is 1.20. The van der Waals surface area contributed by atoms with Crippen LogP contribution in [0.2, 0.25) is 0 Å². The number of rotatable bonds is 7. The molecule has 0 unspecified atom stereocenters. The molecule has 16 heavy (non-hydrogen) atoms. The lowest BCUT2D eigenvalue weighted by Crippen LogP contribution is -2.26. The van der Waals surface area contributed by atoms with Crippen LogP contribution in [-0.4, -0.2) is 34.4 Å². The smallest absolute Gasteiger partial charge is 0.308 e. The van der Waals surface area contributed by atoms with Gasteiger partial charge in [-0.1, -0.05) is 18.3 Å². The van der Waals surface area contributed by atoms with Gasteiger partial charge in [-0.15, -0.1) is 0 Å². The Labute approximate surface area is 98.3 Å². The lowest BCUT2D eigenvalue weighted by Gasteiger charge is -2.05. The second kappa shape index (κ2) is 7.92. The maximum atomic E-state index is 11.2. The molecule has 0 heterocycles. The molecule has 0 saturated heterocycles. The summed E-state index contributed by atoms with van der Waals surface area (Å²) in [4.78, 5) is 32.1. The molecule has 0 atom stereocenters. The molecular weight excluding hydrogens is 230 g/mol. The van der Waals surface area contributed by atoms with Gasteiger partial charge in [-0.05, 0) is 6.42 Å². The maximum absolute atomic E-state index is 11.2. The van der Waals surface area contributed by atoms with Crippen molar-refractivity contribution in [1.29, 1.82) is 0 Å². The second-order valence-electron chi connectivity index (χ2n) is 3.12. The van der Waals surface area contributed by atoms with Gasteiger partial charge >= 0.3 is 5.97 Å². The van der Waals surface area contributed by atoms with Crippen LogP contribution in [0.5, 0.6) is 0 Å². The third kappa shape index (κ3) is 8.05. The minimum absolute atomic E-state index is 0.0340. The van der Waals surface area contributed by atoms with Gasteiger partial charge in [0.15, 0.2) is 5.12 Å². The van der Waals surface area contributed by atoms with Gasteiger partial charge in [0.1, 0.15) is 0 Å². The van der Waals surface area contributed by atoms with Gasteiger partial charge < -0.3 is 10.4 Å². The minimum Gasteiger partial charge on any atom is -0.481 e. The molecule has 0 spiro atoms. The van der Waals surface area contributed by atoms with Crippen LogP contribution in [0.3, 0.4) is 0 Å². The molecule has 0 rings (SSSR count). The molecule has 0 radical (unpaired) electrons. The number of hydrogen-bond donors (Lipinski definition) is 2. The van der Waals surface area contributed by atoms with Crippen LogP contribution in [0.25, 0.3) is 0 Å². The Morgan fingerprint density at radius 2 is 2.00 bits per heavy atom. The van der Waals surface area contributed by atoms with E-state index in [-0.39, 0.29) is 17.1 Å². The summed E-state index contributed by atoms with van der Waals surface area (Å²) in [7, 11) is 0. The van der Waals surface area contributed by atoms with E-state index < -0.39 is 11.9 Å². The van der Waals surface area contributed by atoms with E-state index in [1.165, 1.54) is 18.7 Å². The van der Waals surface area contributed by atoms with Gasteiger partial charge in [0.25, 0.3) is 0 Å². The van der Waals surface area contributed by atoms with Crippen LogP contribution >= 0.6 is 11.8 Å². The fourth-order valence-electron chi connectivity index (χ4n) is 0.878. The minimum atomic E-state index is -1.08. The molecule has 0 fully saturated rings. The van der Waals surface area contributed by atoms with Crippen LogP contribution in [0.1, 0.15) is 19.8 Å². The highest BCUT2D eigenvalue weighted by molar-refractivity contribution is 8.13. The highest BCUT2D eigenvalue weighted by atomic mass is 32.2. The van der Waals surface area contributed by atoms with Gasteiger partial charge in [0, 0.05) is 24.8 Å². The first-order valence-electron chi connectivity index (χ1n) is 4.74. The SMILES string of the molecule is C=C(CC(=O)O)C(=O)NCCCSC(C)=O. The van der Waals surface area contributed by atoms with Crippen LogP contribution in [-0.2, 0) is 14.4 Å². The van der Waals surface area contributed by atoms with Crippen LogP contribution in [0, 0.1) is 0 Å². The molecule has 2 N–H and O–H groups in total. The van der Waals surface area contributed by atoms with E-state index in [4.69, 9.17) is 5.11 Å². The predicted octanol–water partition coefficient (Wildman–Crippen LogP) is 0.803. The van der Waals surface area contributed by atoms with Crippen molar-refractivity contribution >= 4 is 28.8 Å². The predicted molar refractivity (Wildman–Crippen MR) is 62.2 cm³/mol. The largest absolute Gasteiger partial charge is 0.481 e. The van der Waals surface area contributed by atoms with Crippen molar-refractivity contribution in [3.8, 4) is 0 Å². The fraction of sp³-hybridized carbons (Fsp3) is 0.500. The van der Waals surface area contributed by atoms with E-state index in [2.05, 4.69) is 11.9 Å². The standard InChI is InChI=1S/C10H15NO4S/c1-7(6-9(13)14)10(15)11-4-3-5-16-8(2)12/h1,3-6H2,2H3,(H,11,15)(H,13,14). The third-order valence-electron chi connectivity index (χ3n) is 1.60. The molecule has 0 aliphatic heterocycles. The Kier molecular flexibility index (Phi) is 7.28. The van der Waals surface area contributed by atoms with E-state index in [1.54, 1.807) is 0 Å². The highest BCUT2D eigenvalue weighted by Gasteiger charge is 2.09. The van der Waals surface area contributed by atoms with Gasteiger partial charge in [0.2, 0.25) is 5.91 Å².